The van der Waals surface area contributed by atoms with Crippen LogP contribution in [-0.2, 0) is 5.54 Å². The van der Waals surface area contributed by atoms with Crippen LogP contribution in [0.5, 0.6) is 11.6 Å². The average molecular weight is 234 g/mol. The number of aromatic nitrogens is 2. The molecular formula is C10H16F2N2O2. The first-order valence-corrected chi connectivity index (χ1v) is 4.82. The molecule has 0 saturated heterocycles. The van der Waals surface area contributed by atoms with Gasteiger partial charge < -0.3 is 9.47 Å². The van der Waals surface area contributed by atoms with Crippen molar-refractivity contribution in [2.24, 2.45) is 0 Å². The molecule has 0 aromatic carbocycles. The third kappa shape index (κ3) is 2.10. The van der Waals surface area contributed by atoms with Crippen molar-refractivity contribution >= 4 is 0 Å². The summed E-state index contributed by atoms with van der Waals surface area (Å²) in [5, 5.41) is 3.98. The second kappa shape index (κ2) is 4.27. The maximum atomic E-state index is 13.0. The van der Waals surface area contributed by atoms with Crippen molar-refractivity contribution < 1.29 is 18.3 Å². The number of hydrogen-bond donors (Lipinski definition) is 0. The van der Waals surface area contributed by atoms with E-state index >= 15 is 0 Å². The summed E-state index contributed by atoms with van der Waals surface area (Å²) in [5.74, 6) is 0.0696. The first-order chi connectivity index (χ1) is 7.32. The normalized spacial score (nSPS) is 12.0. The summed E-state index contributed by atoms with van der Waals surface area (Å²) >= 11 is 0. The molecule has 0 bridgehead atoms. The quantitative estimate of drug-likeness (QED) is 0.806. The average Bonchev–Trinajstić information content (AvgIpc) is 2.54. The lowest BCUT2D eigenvalue weighted by Gasteiger charge is -2.21. The standard InChI is InChI=1S/C10H16F2N2O2/c1-10(2,3)14-6(8(11)12)7(15-4)9(13-14)16-5/h8H,1-5H3. The molecule has 16 heavy (non-hydrogen) atoms. The van der Waals surface area contributed by atoms with Crippen LogP contribution in [0, 0.1) is 0 Å². The number of nitrogens with zero attached hydrogens (tertiary/aromatic N) is 2. The fraction of sp³-hybridized carbons (Fsp3) is 0.700. The van der Waals surface area contributed by atoms with Gasteiger partial charge in [-0.1, -0.05) is 0 Å². The molecule has 1 aromatic rings. The van der Waals surface area contributed by atoms with Gasteiger partial charge in [-0.05, 0) is 20.8 Å². The monoisotopic (exact) mass is 234 g/mol. The fourth-order valence-corrected chi connectivity index (χ4v) is 1.42. The van der Waals surface area contributed by atoms with Gasteiger partial charge in [0.15, 0.2) is 5.69 Å². The minimum absolute atomic E-state index is 0.00701. The lowest BCUT2D eigenvalue weighted by molar-refractivity contribution is 0.126. The third-order valence-electron chi connectivity index (χ3n) is 2.09. The van der Waals surface area contributed by atoms with Gasteiger partial charge in [0.2, 0.25) is 5.75 Å². The summed E-state index contributed by atoms with van der Waals surface area (Å²) < 4.78 is 37.0. The highest BCUT2D eigenvalue weighted by atomic mass is 19.3. The molecule has 0 aliphatic carbocycles. The number of rotatable bonds is 3. The molecule has 0 N–H and O–H groups in total. The van der Waals surface area contributed by atoms with Crippen LogP contribution in [0.2, 0.25) is 0 Å². The second-order valence-electron chi connectivity index (χ2n) is 4.31. The summed E-state index contributed by atoms with van der Waals surface area (Å²) in [7, 11) is 2.69. The van der Waals surface area contributed by atoms with Gasteiger partial charge in [-0.3, -0.25) is 4.68 Å². The topological polar surface area (TPSA) is 36.3 Å². The lowest BCUT2D eigenvalue weighted by atomic mass is 10.1. The Hall–Kier alpha value is -1.33. The molecule has 0 fully saturated rings. The molecule has 0 aliphatic heterocycles. The van der Waals surface area contributed by atoms with E-state index in [0.29, 0.717) is 0 Å². The van der Waals surface area contributed by atoms with Crippen molar-refractivity contribution in [2.45, 2.75) is 32.7 Å². The highest BCUT2D eigenvalue weighted by molar-refractivity contribution is 5.40. The Morgan fingerprint density at radius 1 is 1.19 bits per heavy atom. The molecule has 1 heterocycles. The minimum Gasteiger partial charge on any atom is -0.490 e. The number of methoxy groups -OCH3 is 2. The van der Waals surface area contributed by atoms with Gasteiger partial charge in [0.05, 0.1) is 19.8 Å². The van der Waals surface area contributed by atoms with Gasteiger partial charge in [-0.2, -0.15) is 0 Å². The zero-order valence-corrected chi connectivity index (χ0v) is 10.0. The van der Waals surface area contributed by atoms with E-state index < -0.39 is 12.0 Å². The van der Waals surface area contributed by atoms with Crippen molar-refractivity contribution in [3.05, 3.63) is 5.69 Å². The van der Waals surface area contributed by atoms with Crippen LogP contribution in [0.15, 0.2) is 0 Å². The smallest absolute Gasteiger partial charge is 0.283 e. The van der Waals surface area contributed by atoms with Gasteiger partial charge in [-0.25, -0.2) is 8.78 Å². The van der Waals surface area contributed by atoms with Crippen LogP contribution in [0.4, 0.5) is 8.78 Å². The lowest BCUT2D eigenvalue weighted by Crippen LogP contribution is -2.25. The fourth-order valence-electron chi connectivity index (χ4n) is 1.42. The molecule has 1 rings (SSSR count). The molecule has 0 atom stereocenters. The SMILES string of the molecule is COc1nn(C(C)(C)C)c(C(F)F)c1OC. The van der Waals surface area contributed by atoms with E-state index in [1.165, 1.54) is 18.9 Å². The van der Waals surface area contributed by atoms with Gasteiger partial charge in [0, 0.05) is 0 Å². The number of hydrogen-bond acceptors (Lipinski definition) is 3. The molecule has 92 valence electrons. The van der Waals surface area contributed by atoms with Crippen LogP contribution >= 0.6 is 0 Å². The predicted molar refractivity (Wildman–Crippen MR) is 55.3 cm³/mol. The second-order valence-corrected chi connectivity index (χ2v) is 4.31. The molecule has 0 saturated carbocycles. The van der Waals surface area contributed by atoms with Gasteiger partial charge in [-0.15, -0.1) is 5.10 Å². The molecular weight excluding hydrogens is 218 g/mol. The van der Waals surface area contributed by atoms with Crippen LogP contribution < -0.4 is 9.47 Å². The Bertz CT molecular complexity index is 370. The zero-order chi connectivity index (χ0) is 12.5. The molecule has 0 aliphatic rings. The molecule has 0 spiro atoms. The third-order valence-corrected chi connectivity index (χ3v) is 2.09. The maximum Gasteiger partial charge on any atom is 0.283 e. The van der Waals surface area contributed by atoms with Crippen molar-refractivity contribution in [2.75, 3.05) is 14.2 Å². The van der Waals surface area contributed by atoms with E-state index in [0.717, 1.165) is 0 Å². The Kier molecular flexibility index (Phi) is 3.40. The minimum atomic E-state index is -2.66. The van der Waals surface area contributed by atoms with E-state index in [9.17, 15) is 8.78 Å². The molecule has 1 aromatic heterocycles. The summed E-state index contributed by atoms with van der Waals surface area (Å²) in [6.07, 6.45) is -2.66. The zero-order valence-electron chi connectivity index (χ0n) is 10.0. The van der Waals surface area contributed by atoms with Gasteiger partial charge in [0.25, 0.3) is 12.3 Å². The first kappa shape index (κ1) is 12.7. The van der Waals surface area contributed by atoms with E-state index in [4.69, 9.17) is 9.47 Å². The Morgan fingerprint density at radius 3 is 2.06 bits per heavy atom. The van der Waals surface area contributed by atoms with Crippen molar-refractivity contribution in [1.29, 1.82) is 0 Å². The predicted octanol–water partition coefficient (Wildman–Crippen LogP) is 2.59. The number of halogens is 2. The van der Waals surface area contributed by atoms with Gasteiger partial charge >= 0.3 is 0 Å². The van der Waals surface area contributed by atoms with Crippen molar-refractivity contribution in [1.82, 2.24) is 9.78 Å². The Labute approximate surface area is 93.2 Å². The Balaban J connectivity index is 3.44. The summed E-state index contributed by atoms with van der Waals surface area (Å²) in [6.45, 7) is 5.35. The summed E-state index contributed by atoms with van der Waals surface area (Å²) in [5.41, 5.74) is -0.817. The highest BCUT2D eigenvalue weighted by Gasteiger charge is 2.31. The summed E-state index contributed by atoms with van der Waals surface area (Å²) in [6, 6.07) is 0. The van der Waals surface area contributed by atoms with E-state index in [-0.39, 0.29) is 17.3 Å². The summed E-state index contributed by atoms with van der Waals surface area (Å²) in [4.78, 5) is 0. The van der Waals surface area contributed by atoms with E-state index in [1.54, 1.807) is 20.8 Å². The maximum absolute atomic E-state index is 13.0. The molecule has 0 radical (unpaired) electrons. The van der Waals surface area contributed by atoms with Crippen LogP contribution in [-0.4, -0.2) is 24.0 Å². The number of ether oxygens (including phenoxy) is 2. The van der Waals surface area contributed by atoms with Crippen LogP contribution in [0.25, 0.3) is 0 Å². The molecule has 6 heteroatoms. The van der Waals surface area contributed by atoms with E-state index in [1.807, 2.05) is 0 Å². The highest BCUT2D eigenvalue weighted by Crippen LogP contribution is 2.39. The molecule has 0 amide bonds. The molecule has 4 nitrogen and oxygen atoms in total. The van der Waals surface area contributed by atoms with Crippen molar-refractivity contribution in [3.8, 4) is 11.6 Å². The Morgan fingerprint density at radius 2 is 1.75 bits per heavy atom. The first-order valence-electron chi connectivity index (χ1n) is 4.82. The van der Waals surface area contributed by atoms with Crippen LogP contribution in [0.3, 0.4) is 0 Å². The van der Waals surface area contributed by atoms with Crippen LogP contribution in [0.1, 0.15) is 32.9 Å². The van der Waals surface area contributed by atoms with E-state index in [2.05, 4.69) is 5.10 Å². The molecule has 0 unspecified atom stereocenters. The number of alkyl halides is 2. The van der Waals surface area contributed by atoms with Crippen molar-refractivity contribution in [3.63, 3.8) is 0 Å². The van der Waals surface area contributed by atoms with Gasteiger partial charge in [0.1, 0.15) is 0 Å². The largest absolute Gasteiger partial charge is 0.490 e.